The van der Waals surface area contributed by atoms with Gasteiger partial charge in [0.05, 0.1) is 5.56 Å². The zero-order chi connectivity index (χ0) is 13.0. The number of hydrogen-bond donors (Lipinski definition) is 2. The minimum atomic E-state index is -4.26. The monoisotopic (exact) mass is 258 g/mol. The Morgan fingerprint density at radius 3 is 2.61 bits per heavy atom. The van der Waals surface area contributed by atoms with Gasteiger partial charge in [-0.2, -0.15) is 13.2 Å². The first-order chi connectivity index (χ1) is 8.57. The highest BCUT2D eigenvalue weighted by molar-refractivity contribution is 5.29. The van der Waals surface area contributed by atoms with Gasteiger partial charge in [0, 0.05) is 25.7 Å². The number of halogens is 3. The summed E-state index contributed by atoms with van der Waals surface area (Å²) in [5.74, 6) is 0. The second-order valence-corrected chi connectivity index (χ2v) is 4.55. The molecule has 0 aromatic heterocycles. The predicted molar refractivity (Wildman–Crippen MR) is 64.4 cm³/mol. The summed E-state index contributed by atoms with van der Waals surface area (Å²) < 4.78 is 38.4. The maximum atomic E-state index is 12.8. The van der Waals surface area contributed by atoms with E-state index in [0.29, 0.717) is 12.0 Å². The summed E-state index contributed by atoms with van der Waals surface area (Å²) >= 11 is 0. The molecule has 1 atom stereocenters. The van der Waals surface area contributed by atoms with Crippen molar-refractivity contribution in [1.29, 1.82) is 0 Å². The molecule has 0 unspecified atom stereocenters. The standard InChI is InChI=1S/C13H17F3N2/c14-13(15,16)12-4-2-1-3-10(12)5-6-11-9-17-7-8-18-11/h1-4,11,17-18H,5-9H2/t11-/m0/s1. The molecule has 1 heterocycles. The van der Waals surface area contributed by atoms with E-state index >= 15 is 0 Å². The van der Waals surface area contributed by atoms with Gasteiger partial charge in [-0.25, -0.2) is 0 Å². The Morgan fingerprint density at radius 1 is 1.17 bits per heavy atom. The summed E-state index contributed by atoms with van der Waals surface area (Å²) in [7, 11) is 0. The molecule has 1 saturated heterocycles. The van der Waals surface area contributed by atoms with Crippen LogP contribution in [0.5, 0.6) is 0 Å². The molecule has 18 heavy (non-hydrogen) atoms. The molecular weight excluding hydrogens is 241 g/mol. The molecule has 0 radical (unpaired) electrons. The van der Waals surface area contributed by atoms with Gasteiger partial charge in [-0.1, -0.05) is 18.2 Å². The number of aryl methyl sites for hydroxylation is 1. The SMILES string of the molecule is FC(F)(F)c1ccccc1CC[C@H]1CNCCN1. The molecule has 1 aliphatic rings. The third kappa shape index (κ3) is 3.46. The van der Waals surface area contributed by atoms with Crippen molar-refractivity contribution in [2.75, 3.05) is 19.6 Å². The minimum Gasteiger partial charge on any atom is -0.314 e. The Balaban J connectivity index is 2.00. The molecule has 2 nitrogen and oxygen atoms in total. The lowest BCUT2D eigenvalue weighted by molar-refractivity contribution is -0.138. The van der Waals surface area contributed by atoms with Crippen molar-refractivity contribution in [3.63, 3.8) is 0 Å². The van der Waals surface area contributed by atoms with Gasteiger partial charge in [0.15, 0.2) is 0 Å². The molecule has 1 aromatic carbocycles. The van der Waals surface area contributed by atoms with Crippen molar-refractivity contribution in [2.45, 2.75) is 25.1 Å². The van der Waals surface area contributed by atoms with Crippen LogP contribution in [0.25, 0.3) is 0 Å². The molecule has 1 aromatic rings. The lowest BCUT2D eigenvalue weighted by atomic mass is 9.99. The Morgan fingerprint density at radius 2 is 1.94 bits per heavy atom. The summed E-state index contributed by atoms with van der Waals surface area (Å²) in [6, 6.07) is 6.09. The Labute approximate surface area is 105 Å². The summed E-state index contributed by atoms with van der Waals surface area (Å²) in [5.41, 5.74) is -0.119. The van der Waals surface area contributed by atoms with Crippen LogP contribution in [0.15, 0.2) is 24.3 Å². The topological polar surface area (TPSA) is 24.1 Å². The molecule has 2 rings (SSSR count). The van der Waals surface area contributed by atoms with Gasteiger partial charge >= 0.3 is 6.18 Å². The zero-order valence-corrected chi connectivity index (χ0v) is 10.1. The van der Waals surface area contributed by atoms with Crippen LogP contribution in [-0.2, 0) is 12.6 Å². The Kier molecular flexibility index (Phi) is 4.24. The fraction of sp³-hybridized carbons (Fsp3) is 0.538. The lowest BCUT2D eigenvalue weighted by Gasteiger charge is -2.24. The molecule has 0 spiro atoms. The second kappa shape index (κ2) is 5.71. The number of nitrogens with one attached hydrogen (secondary N) is 2. The van der Waals surface area contributed by atoms with E-state index in [9.17, 15) is 13.2 Å². The average molecular weight is 258 g/mol. The van der Waals surface area contributed by atoms with Gasteiger partial charge in [-0.15, -0.1) is 0 Å². The van der Waals surface area contributed by atoms with Crippen molar-refractivity contribution in [3.8, 4) is 0 Å². The van der Waals surface area contributed by atoms with E-state index in [-0.39, 0.29) is 6.04 Å². The molecule has 1 fully saturated rings. The van der Waals surface area contributed by atoms with Crippen molar-refractivity contribution in [2.24, 2.45) is 0 Å². The molecular formula is C13H17F3N2. The van der Waals surface area contributed by atoms with Gasteiger partial charge in [0.25, 0.3) is 0 Å². The first-order valence-electron chi connectivity index (χ1n) is 6.16. The van der Waals surface area contributed by atoms with Crippen LogP contribution < -0.4 is 10.6 Å². The van der Waals surface area contributed by atoms with E-state index in [4.69, 9.17) is 0 Å². The Bertz CT molecular complexity index is 384. The van der Waals surface area contributed by atoms with Crippen LogP contribution >= 0.6 is 0 Å². The van der Waals surface area contributed by atoms with Crippen molar-refractivity contribution in [1.82, 2.24) is 10.6 Å². The first kappa shape index (κ1) is 13.4. The van der Waals surface area contributed by atoms with E-state index in [1.165, 1.54) is 6.07 Å². The van der Waals surface area contributed by atoms with E-state index in [1.54, 1.807) is 12.1 Å². The third-order valence-electron chi connectivity index (χ3n) is 3.21. The third-order valence-corrected chi connectivity index (χ3v) is 3.21. The van der Waals surface area contributed by atoms with Crippen LogP contribution in [0.3, 0.4) is 0 Å². The van der Waals surface area contributed by atoms with E-state index in [1.807, 2.05) is 0 Å². The smallest absolute Gasteiger partial charge is 0.314 e. The van der Waals surface area contributed by atoms with Gasteiger partial charge in [-0.05, 0) is 24.5 Å². The fourth-order valence-corrected chi connectivity index (χ4v) is 2.26. The summed E-state index contributed by atoms with van der Waals surface area (Å²) in [4.78, 5) is 0. The molecule has 0 aliphatic carbocycles. The van der Waals surface area contributed by atoms with Gasteiger partial charge < -0.3 is 10.6 Å². The normalized spacial score (nSPS) is 20.9. The maximum absolute atomic E-state index is 12.8. The van der Waals surface area contributed by atoms with Crippen LogP contribution in [0.4, 0.5) is 13.2 Å². The molecule has 0 saturated carbocycles. The number of piperazine rings is 1. The molecule has 1 aliphatic heterocycles. The van der Waals surface area contributed by atoms with Crippen molar-refractivity contribution >= 4 is 0 Å². The highest BCUT2D eigenvalue weighted by Crippen LogP contribution is 2.32. The van der Waals surface area contributed by atoms with Crippen LogP contribution in [-0.4, -0.2) is 25.7 Å². The quantitative estimate of drug-likeness (QED) is 0.868. The molecule has 100 valence electrons. The maximum Gasteiger partial charge on any atom is 0.416 e. The molecule has 0 bridgehead atoms. The summed E-state index contributed by atoms with van der Waals surface area (Å²) in [5, 5.41) is 6.54. The minimum absolute atomic E-state index is 0.264. The van der Waals surface area contributed by atoms with E-state index in [2.05, 4.69) is 10.6 Å². The van der Waals surface area contributed by atoms with E-state index < -0.39 is 11.7 Å². The highest BCUT2D eigenvalue weighted by Gasteiger charge is 2.32. The lowest BCUT2D eigenvalue weighted by Crippen LogP contribution is -2.48. The summed E-state index contributed by atoms with van der Waals surface area (Å²) in [6.45, 7) is 2.63. The van der Waals surface area contributed by atoms with Crippen LogP contribution in [0.1, 0.15) is 17.5 Å². The number of hydrogen-bond acceptors (Lipinski definition) is 2. The average Bonchev–Trinajstić information content (AvgIpc) is 2.37. The zero-order valence-electron chi connectivity index (χ0n) is 10.1. The van der Waals surface area contributed by atoms with E-state index in [0.717, 1.165) is 32.1 Å². The number of alkyl halides is 3. The van der Waals surface area contributed by atoms with Gasteiger partial charge in [-0.3, -0.25) is 0 Å². The fourth-order valence-electron chi connectivity index (χ4n) is 2.26. The van der Waals surface area contributed by atoms with Crippen LogP contribution in [0.2, 0.25) is 0 Å². The summed E-state index contributed by atoms with van der Waals surface area (Å²) in [6.07, 6.45) is -3.08. The molecule has 0 amide bonds. The Hall–Kier alpha value is -1.07. The van der Waals surface area contributed by atoms with Crippen LogP contribution in [0, 0.1) is 0 Å². The predicted octanol–water partition coefficient (Wildman–Crippen LogP) is 2.20. The van der Waals surface area contributed by atoms with Gasteiger partial charge in [0.1, 0.15) is 0 Å². The second-order valence-electron chi connectivity index (χ2n) is 4.55. The first-order valence-corrected chi connectivity index (χ1v) is 6.16. The number of benzene rings is 1. The highest BCUT2D eigenvalue weighted by atomic mass is 19.4. The van der Waals surface area contributed by atoms with Crippen molar-refractivity contribution < 1.29 is 13.2 Å². The van der Waals surface area contributed by atoms with Gasteiger partial charge in [0.2, 0.25) is 0 Å². The van der Waals surface area contributed by atoms with Crippen molar-refractivity contribution in [3.05, 3.63) is 35.4 Å². The largest absolute Gasteiger partial charge is 0.416 e. The molecule has 5 heteroatoms. The number of rotatable bonds is 3. The molecule has 2 N–H and O–H groups in total.